The Morgan fingerprint density at radius 2 is 1.72 bits per heavy atom. The van der Waals surface area contributed by atoms with Crippen molar-refractivity contribution in [1.29, 1.82) is 0 Å². The van der Waals surface area contributed by atoms with Crippen LogP contribution in [0.1, 0.15) is 41.6 Å². The summed E-state index contributed by atoms with van der Waals surface area (Å²) in [6.07, 6.45) is 3.28. The molecule has 0 spiro atoms. The highest BCUT2D eigenvalue weighted by Gasteiger charge is 2.41. The number of carbonyl (C=O) groups excluding carboxylic acids is 2. The molecule has 1 atom stereocenters. The fourth-order valence-electron chi connectivity index (χ4n) is 4.52. The van der Waals surface area contributed by atoms with Crippen LogP contribution in [0.2, 0.25) is 0 Å². The molecule has 1 unspecified atom stereocenters. The van der Waals surface area contributed by atoms with Crippen LogP contribution in [0.15, 0.2) is 54.6 Å². The fourth-order valence-corrected chi connectivity index (χ4v) is 4.52. The van der Waals surface area contributed by atoms with Crippen molar-refractivity contribution in [2.45, 2.75) is 37.3 Å². The normalized spacial score (nSPS) is 21.0. The summed E-state index contributed by atoms with van der Waals surface area (Å²) in [4.78, 5) is 26.9. The second-order valence-corrected chi connectivity index (χ2v) is 8.01. The lowest BCUT2D eigenvalue weighted by Crippen LogP contribution is -2.50. The molecule has 1 fully saturated rings. The van der Waals surface area contributed by atoms with Gasteiger partial charge in [0.05, 0.1) is 17.1 Å². The van der Waals surface area contributed by atoms with E-state index in [2.05, 4.69) is 15.5 Å². The lowest BCUT2D eigenvalue weighted by molar-refractivity contribution is -0.125. The van der Waals surface area contributed by atoms with Gasteiger partial charge in [0.15, 0.2) is 0 Å². The van der Waals surface area contributed by atoms with Crippen LogP contribution in [0.5, 0.6) is 0 Å². The quantitative estimate of drug-likeness (QED) is 0.705. The van der Waals surface area contributed by atoms with Crippen LogP contribution in [0.4, 0.5) is 5.69 Å². The van der Waals surface area contributed by atoms with Gasteiger partial charge in [-0.25, -0.2) is 0 Å². The third-order valence-corrected chi connectivity index (χ3v) is 6.28. The van der Waals surface area contributed by atoms with E-state index in [9.17, 15) is 9.59 Å². The minimum Gasteiger partial charge on any atom is -0.369 e. The zero-order valence-electron chi connectivity index (χ0n) is 16.6. The number of anilines is 1. The van der Waals surface area contributed by atoms with Crippen LogP contribution in [0, 0.1) is 0 Å². The first-order chi connectivity index (χ1) is 14.1. The van der Waals surface area contributed by atoms with E-state index in [1.54, 1.807) is 0 Å². The zero-order valence-corrected chi connectivity index (χ0v) is 16.6. The first-order valence-corrected chi connectivity index (χ1v) is 10.3. The summed E-state index contributed by atoms with van der Waals surface area (Å²) in [5.74, 6) is -0.243. The Kier molecular flexibility index (Phi) is 5.53. The van der Waals surface area contributed by atoms with Gasteiger partial charge in [0, 0.05) is 5.69 Å². The van der Waals surface area contributed by atoms with Gasteiger partial charge >= 0.3 is 0 Å². The Labute approximate surface area is 171 Å². The predicted octanol–water partition coefficient (Wildman–Crippen LogP) is 2.47. The van der Waals surface area contributed by atoms with E-state index in [1.165, 1.54) is 0 Å². The predicted molar refractivity (Wildman–Crippen MR) is 114 cm³/mol. The Bertz CT molecular complexity index is 875. The molecule has 0 aliphatic carbocycles. The van der Waals surface area contributed by atoms with E-state index < -0.39 is 5.41 Å². The molecule has 6 nitrogen and oxygen atoms in total. The highest BCUT2D eigenvalue weighted by Crippen LogP contribution is 2.35. The van der Waals surface area contributed by atoms with Gasteiger partial charge in [-0.1, -0.05) is 42.5 Å². The number of nitrogens with two attached hydrogens (primary N) is 1. The number of nitrogens with one attached hydrogen (secondary N) is 2. The molecule has 152 valence electrons. The smallest absolute Gasteiger partial charge is 0.254 e. The number of carbonyl (C=O) groups is 2. The van der Waals surface area contributed by atoms with Gasteiger partial charge in [0.2, 0.25) is 5.91 Å². The summed E-state index contributed by atoms with van der Waals surface area (Å²) in [5.41, 5.74) is 7.89. The number of primary amides is 1. The van der Waals surface area contributed by atoms with Crippen molar-refractivity contribution < 1.29 is 9.59 Å². The molecule has 0 saturated carbocycles. The van der Waals surface area contributed by atoms with Crippen LogP contribution in [0.3, 0.4) is 0 Å². The number of hydrogen-bond donors (Lipinski definition) is 3. The number of hydrogen-bond acceptors (Lipinski definition) is 4. The van der Waals surface area contributed by atoms with Crippen molar-refractivity contribution >= 4 is 17.5 Å². The van der Waals surface area contributed by atoms with E-state index >= 15 is 0 Å². The minimum atomic E-state index is -0.555. The van der Waals surface area contributed by atoms with Gasteiger partial charge in [-0.05, 0) is 63.0 Å². The second-order valence-electron chi connectivity index (χ2n) is 8.01. The highest BCUT2D eigenvalue weighted by atomic mass is 16.2. The molecule has 1 saturated heterocycles. The summed E-state index contributed by atoms with van der Waals surface area (Å²) in [6.45, 7) is 2.65. The molecule has 4 N–H and O–H groups in total. The van der Waals surface area contributed by atoms with Crippen molar-refractivity contribution in [2.24, 2.45) is 5.73 Å². The molecule has 0 bridgehead atoms. The maximum absolute atomic E-state index is 12.3. The molecule has 2 amide bonds. The maximum atomic E-state index is 12.3. The molecule has 4 rings (SSSR count). The number of benzene rings is 2. The summed E-state index contributed by atoms with van der Waals surface area (Å²) in [5, 5.41) is 6.43. The standard InChI is InChI=1S/C23H28N4O2/c24-22(29)23(17-7-2-1-3-8-17)12-15-27(16-13-23)14-6-11-20-25-19-10-5-4-9-18(19)21(28)26-20/h1-5,7-10,20,25H,6,11-16H2,(H2,24,29)(H,26,28). The molecule has 0 radical (unpaired) electrons. The Balaban J connectivity index is 1.29. The maximum Gasteiger partial charge on any atom is 0.254 e. The van der Waals surface area contributed by atoms with Crippen molar-refractivity contribution in [3.05, 3.63) is 65.7 Å². The fraction of sp³-hybridized carbons (Fsp3) is 0.391. The Morgan fingerprint density at radius 3 is 2.45 bits per heavy atom. The molecular weight excluding hydrogens is 364 g/mol. The van der Waals surface area contributed by atoms with Crippen LogP contribution in [0.25, 0.3) is 0 Å². The van der Waals surface area contributed by atoms with E-state index in [1.807, 2.05) is 54.6 Å². The lowest BCUT2D eigenvalue weighted by atomic mass is 9.72. The SMILES string of the molecule is NC(=O)C1(c2ccccc2)CCN(CCCC2NC(=O)c3ccccc3N2)CC1. The third kappa shape index (κ3) is 3.98. The average Bonchev–Trinajstić information content (AvgIpc) is 2.75. The molecule has 0 aromatic heterocycles. The average molecular weight is 393 g/mol. The zero-order chi connectivity index (χ0) is 20.3. The van der Waals surface area contributed by atoms with Gasteiger partial charge in [0.25, 0.3) is 5.91 Å². The molecule has 2 aliphatic rings. The van der Waals surface area contributed by atoms with Crippen LogP contribution >= 0.6 is 0 Å². The van der Waals surface area contributed by atoms with Gasteiger partial charge in [-0.3, -0.25) is 9.59 Å². The summed E-state index contributed by atoms with van der Waals surface area (Å²) < 4.78 is 0. The molecule has 29 heavy (non-hydrogen) atoms. The van der Waals surface area contributed by atoms with Gasteiger partial charge in [0.1, 0.15) is 0 Å². The number of fused-ring (bicyclic) bond motifs is 1. The van der Waals surface area contributed by atoms with Crippen molar-refractivity contribution in [1.82, 2.24) is 10.2 Å². The van der Waals surface area contributed by atoms with Crippen molar-refractivity contribution in [2.75, 3.05) is 25.0 Å². The monoisotopic (exact) mass is 392 g/mol. The number of piperidine rings is 1. The van der Waals surface area contributed by atoms with Crippen molar-refractivity contribution in [3.63, 3.8) is 0 Å². The number of nitrogens with zero attached hydrogens (tertiary/aromatic N) is 1. The number of para-hydroxylation sites is 1. The van der Waals surface area contributed by atoms with Crippen LogP contribution < -0.4 is 16.4 Å². The second kappa shape index (κ2) is 8.25. The molecule has 6 heteroatoms. The van der Waals surface area contributed by atoms with Crippen LogP contribution in [-0.2, 0) is 10.2 Å². The van der Waals surface area contributed by atoms with Crippen molar-refractivity contribution in [3.8, 4) is 0 Å². The summed E-state index contributed by atoms with van der Waals surface area (Å²) in [6, 6.07) is 17.5. The van der Waals surface area contributed by atoms with E-state index in [-0.39, 0.29) is 18.0 Å². The third-order valence-electron chi connectivity index (χ3n) is 6.28. The molecule has 2 aromatic rings. The first-order valence-electron chi connectivity index (χ1n) is 10.3. The number of likely N-dealkylation sites (tertiary alicyclic amines) is 1. The first kappa shape index (κ1) is 19.5. The number of rotatable bonds is 6. The summed E-state index contributed by atoms with van der Waals surface area (Å²) in [7, 11) is 0. The molecule has 2 heterocycles. The lowest BCUT2D eigenvalue weighted by Gasteiger charge is -2.40. The topological polar surface area (TPSA) is 87.5 Å². The van der Waals surface area contributed by atoms with E-state index in [0.29, 0.717) is 5.56 Å². The largest absolute Gasteiger partial charge is 0.369 e. The molecular formula is C23H28N4O2. The van der Waals surface area contributed by atoms with Crippen LogP contribution in [-0.4, -0.2) is 42.5 Å². The Hall–Kier alpha value is -2.86. The van der Waals surface area contributed by atoms with Gasteiger partial charge in [-0.15, -0.1) is 0 Å². The highest BCUT2D eigenvalue weighted by molar-refractivity contribution is 6.01. The Morgan fingerprint density at radius 1 is 1.03 bits per heavy atom. The molecule has 2 aliphatic heterocycles. The van der Waals surface area contributed by atoms with E-state index in [4.69, 9.17) is 5.73 Å². The summed E-state index contributed by atoms with van der Waals surface area (Å²) >= 11 is 0. The number of amides is 2. The van der Waals surface area contributed by atoms with E-state index in [0.717, 1.165) is 56.6 Å². The molecule has 2 aromatic carbocycles. The van der Waals surface area contributed by atoms with Gasteiger partial charge in [-0.2, -0.15) is 0 Å². The van der Waals surface area contributed by atoms with Gasteiger partial charge < -0.3 is 21.3 Å². The minimum absolute atomic E-state index is 0.0172.